The Kier molecular flexibility index (Phi) is 2.01. The third kappa shape index (κ3) is 1.36. The number of anilines is 1. The van der Waals surface area contributed by atoms with Crippen LogP contribution in [0.3, 0.4) is 0 Å². The average Bonchev–Trinajstić information content (AvgIpc) is 2.88. The Bertz CT molecular complexity index is 670. The predicted molar refractivity (Wildman–Crippen MR) is 76.0 cm³/mol. The van der Waals surface area contributed by atoms with Crippen molar-refractivity contribution in [2.75, 3.05) is 11.9 Å². The first-order valence-corrected chi connectivity index (χ1v) is 6.61. The maximum Gasteiger partial charge on any atom is 0.121 e. The van der Waals surface area contributed by atoms with Gasteiger partial charge in [0.25, 0.3) is 0 Å². The Labute approximate surface area is 111 Å². The van der Waals surface area contributed by atoms with E-state index in [1.165, 1.54) is 0 Å². The topological polar surface area (TPSA) is 52.5 Å². The van der Waals surface area contributed by atoms with Gasteiger partial charge in [-0.2, -0.15) is 0 Å². The number of hydrogen-bond acceptors (Lipinski definition) is 3. The molecule has 1 heterocycles. The van der Waals surface area contributed by atoms with Crippen molar-refractivity contribution in [2.24, 2.45) is 0 Å². The van der Waals surface area contributed by atoms with Crippen molar-refractivity contribution in [1.29, 1.82) is 0 Å². The fourth-order valence-electron chi connectivity index (χ4n) is 3.26. The second kappa shape index (κ2) is 3.52. The average molecular weight is 253 g/mol. The Morgan fingerprint density at radius 2 is 2.21 bits per heavy atom. The van der Waals surface area contributed by atoms with Crippen molar-refractivity contribution in [3.05, 3.63) is 47.1 Å². The smallest absolute Gasteiger partial charge is 0.121 e. The second-order valence-electron chi connectivity index (χ2n) is 5.36. The van der Waals surface area contributed by atoms with Crippen LogP contribution in [0.15, 0.2) is 30.4 Å². The van der Waals surface area contributed by atoms with Crippen LogP contribution in [0.4, 0.5) is 5.69 Å². The van der Waals surface area contributed by atoms with Crippen LogP contribution < -0.4 is 5.32 Å². The summed E-state index contributed by atoms with van der Waals surface area (Å²) in [5, 5.41) is 24.2. The zero-order valence-corrected chi connectivity index (χ0v) is 10.5. The summed E-state index contributed by atoms with van der Waals surface area (Å²) in [6, 6.07) is 1.79. The van der Waals surface area contributed by atoms with E-state index in [2.05, 4.69) is 5.32 Å². The van der Waals surface area contributed by atoms with Crippen LogP contribution in [0.25, 0.3) is 11.6 Å². The first-order chi connectivity index (χ1) is 9.19. The molecule has 1 atom stereocenters. The van der Waals surface area contributed by atoms with E-state index in [1.54, 1.807) is 6.07 Å². The Morgan fingerprint density at radius 1 is 1.32 bits per heavy atom. The molecule has 3 nitrogen and oxygen atoms in total. The summed E-state index contributed by atoms with van der Waals surface area (Å²) in [4.78, 5) is 0. The lowest BCUT2D eigenvalue weighted by atomic mass is 9.76. The first-order valence-electron chi connectivity index (χ1n) is 6.61. The van der Waals surface area contributed by atoms with Crippen LogP contribution in [0.2, 0.25) is 0 Å². The molecule has 1 aromatic rings. The van der Waals surface area contributed by atoms with E-state index >= 15 is 0 Å². The monoisotopic (exact) mass is 253 g/mol. The van der Waals surface area contributed by atoms with Crippen molar-refractivity contribution in [1.82, 2.24) is 0 Å². The van der Waals surface area contributed by atoms with E-state index in [9.17, 15) is 10.2 Å². The molecule has 0 aromatic heterocycles. The van der Waals surface area contributed by atoms with E-state index in [4.69, 9.17) is 0 Å². The number of benzene rings is 1. The van der Waals surface area contributed by atoms with Crippen LogP contribution in [0.1, 0.15) is 23.1 Å². The highest BCUT2D eigenvalue weighted by Crippen LogP contribution is 2.47. The highest BCUT2D eigenvalue weighted by Gasteiger charge is 2.36. The van der Waals surface area contributed by atoms with Gasteiger partial charge in [-0.05, 0) is 29.7 Å². The quantitative estimate of drug-likeness (QED) is 0.665. The molecule has 1 aliphatic heterocycles. The summed E-state index contributed by atoms with van der Waals surface area (Å²) in [6.45, 7) is 0.858. The maximum absolute atomic E-state index is 10.7. The molecule has 3 heteroatoms. The van der Waals surface area contributed by atoms with Crippen LogP contribution in [-0.4, -0.2) is 22.4 Å². The minimum absolute atomic E-state index is 0.326. The lowest BCUT2D eigenvalue weighted by Crippen LogP contribution is -2.30. The predicted octanol–water partition coefficient (Wildman–Crippen LogP) is 2.46. The number of rotatable bonds is 0. The number of aromatic hydroxyl groups is 1. The molecule has 4 rings (SSSR count). The van der Waals surface area contributed by atoms with Crippen molar-refractivity contribution in [3.63, 3.8) is 0 Å². The Hall–Kier alpha value is -2.00. The van der Waals surface area contributed by atoms with Crippen molar-refractivity contribution < 1.29 is 10.2 Å². The molecule has 0 radical (unpaired) electrons. The molecule has 0 bridgehead atoms. The SMILES string of the molecule is Oc1cc2c(c3c1CCN3)C=CC1(O)CC=CC=C21. The molecule has 1 aromatic carbocycles. The van der Waals surface area contributed by atoms with Crippen LogP contribution >= 0.6 is 0 Å². The summed E-state index contributed by atoms with van der Waals surface area (Å²) in [6.07, 6.45) is 11.1. The van der Waals surface area contributed by atoms with E-state index in [0.717, 1.165) is 40.9 Å². The molecule has 3 aliphatic rings. The normalized spacial score (nSPS) is 26.3. The van der Waals surface area contributed by atoms with Gasteiger partial charge >= 0.3 is 0 Å². The maximum atomic E-state index is 10.7. The van der Waals surface area contributed by atoms with E-state index in [1.807, 2.05) is 30.4 Å². The molecule has 0 saturated carbocycles. The zero-order chi connectivity index (χ0) is 13.0. The van der Waals surface area contributed by atoms with Crippen molar-refractivity contribution in [3.8, 4) is 5.75 Å². The summed E-state index contributed by atoms with van der Waals surface area (Å²) < 4.78 is 0. The molecule has 96 valence electrons. The Morgan fingerprint density at radius 3 is 3.11 bits per heavy atom. The van der Waals surface area contributed by atoms with Crippen molar-refractivity contribution >= 4 is 17.3 Å². The first kappa shape index (κ1) is 10.9. The van der Waals surface area contributed by atoms with Gasteiger partial charge in [0.15, 0.2) is 0 Å². The van der Waals surface area contributed by atoms with Gasteiger partial charge in [0.05, 0.1) is 0 Å². The van der Waals surface area contributed by atoms with Crippen LogP contribution in [-0.2, 0) is 6.42 Å². The van der Waals surface area contributed by atoms with E-state index in [0.29, 0.717) is 12.2 Å². The standard InChI is InChI=1S/C16H15NO2/c18-14-9-12-10(15-11(14)5-8-17-15)4-7-16(19)6-2-1-3-13(12)16/h1-4,7,9,17-19H,5-6,8H2. The number of fused-ring (bicyclic) bond motifs is 5. The third-order valence-electron chi connectivity index (χ3n) is 4.24. The second-order valence-corrected chi connectivity index (χ2v) is 5.36. The van der Waals surface area contributed by atoms with Gasteiger partial charge in [0, 0.05) is 29.8 Å². The van der Waals surface area contributed by atoms with Crippen LogP contribution in [0, 0.1) is 0 Å². The summed E-state index contributed by atoms with van der Waals surface area (Å²) in [7, 11) is 0. The summed E-state index contributed by atoms with van der Waals surface area (Å²) in [5.74, 6) is 0.326. The summed E-state index contributed by atoms with van der Waals surface area (Å²) in [5.41, 5.74) is 3.96. The fraction of sp³-hybridized carbons (Fsp3) is 0.250. The van der Waals surface area contributed by atoms with Gasteiger partial charge in [-0.3, -0.25) is 0 Å². The highest BCUT2D eigenvalue weighted by atomic mass is 16.3. The number of hydrogen-bond donors (Lipinski definition) is 3. The molecular weight excluding hydrogens is 238 g/mol. The van der Waals surface area contributed by atoms with Crippen LogP contribution in [0.5, 0.6) is 5.75 Å². The molecule has 0 spiro atoms. The number of phenols is 1. The molecule has 19 heavy (non-hydrogen) atoms. The lowest BCUT2D eigenvalue weighted by molar-refractivity contribution is 0.155. The number of nitrogens with one attached hydrogen (secondary N) is 1. The fourth-order valence-corrected chi connectivity index (χ4v) is 3.26. The van der Waals surface area contributed by atoms with Gasteiger partial charge in [0.2, 0.25) is 0 Å². The highest BCUT2D eigenvalue weighted by molar-refractivity contribution is 5.93. The minimum Gasteiger partial charge on any atom is -0.508 e. The number of allylic oxidation sites excluding steroid dienone is 2. The minimum atomic E-state index is -0.930. The molecule has 0 saturated heterocycles. The van der Waals surface area contributed by atoms with Crippen molar-refractivity contribution in [2.45, 2.75) is 18.4 Å². The van der Waals surface area contributed by atoms with Gasteiger partial charge < -0.3 is 15.5 Å². The molecular formula is C16H15NO2. The van der Waals surface area contributed by atoms with E-state index < -0.39 is 5.60 Å². The number of phenolic OH excluding ortho intramolecular Hbond substituents is 1. The van der Waals surface area contributed by atoms with Gasteiger partial charge in [-0.1, -0.05) is 24.3 Å². The molecule has 1 unspecified atom stereocenters. The van der Waals surface area contributed by atoms with E-state index in [-0.39, 0.29) is 0 Å². The molecule has 0 fully saturated rings. The number of aliphatic hydroxyl groups is 1. The summed E-state index contributed by atoms with van der Waals surface area (Å²) >= 11 is 0. The Balaban J connectivity index is 2.02. The van der Waals surface area contributed by atoms with Gasteiger partial charge in [-0.15, -0.1) is 0 Å². The van der Waals surface area contributed by atoms with Gasteiger partial charge in [-0.25, -0.2) is 0 Å². The molecule has 3 N–H and O–H groups in total. The molecule has 0 amide bonds. The zero-order valence-electron chi connectivity index (χ0n) is 10.5. The third-order valence-corrected chi connectivity index (χ3v) is 4.24. The molecule has 2 aliphatic carbocycles. The lowest BCUT2D eigenvalue weighted by Gasteiger charge is -2.34. The van der Waals surface area contributed by atoms with Gasteiger partial charge in [0.1, 0.15) is 11.4 Å². The largest absolute Gasteiger partial charge is 0.508 e.